The van der Waals surface area contributed by atoms with E-state index in [0.717, 1.165) is 18.8 Å². The number of amides is 1. The number of hydrogen-bond acceptors (Lipinski definition) is 4. The van der Waals surface area contributed by atoms with E-state index in [-0.39, 0.29) is 6.10 Å². The summed E-state index contributed by atoms with van der Waals surface area (Å²) < 4.78 is 10.9. The molecule has 1 amide bonds. The second-order valence-electron chi connectivity index (χ2n) is 4.66. The fraction of sp³-hybridized carbons (Fsp3) is 0.562. The summed E-state index contributed by atoms with van der Waals surface area (Å²) in [6.07, 6.45) is -0.716. The Balaban J connectivity index is 2.52. The number of benzene rings is 1. The van der Waals surface area contributed by atoms with Crippen molar-refractivity contribution in [2.24, 2.45) is 0 Å². The monoisotopic (exact) mass is 294 g/mol. The van der Waals surface area contributed by atoms with Gasteiger partial charge in [0, 0.05) is 18.8 Å². The summed E-state index contributed by atoms with van der Waals surface area (Å²) in [4.78, 5) is 14.1. The van der Waals surface area contributed by atoms with Crippen molar-refractivity contribution < 1.29 is 14.3 Å². The van der Waals surface area contributed by atoms with Crippen LogP contribution in [0.1, 0.15) is 20.8 Å². The van der Waals surface area contributed by atoms with E-state index in [1.807, 2.05) is 37.3 Å². The van der Waals surface area contributed by atoms with Gasteiger partial charge in [-0.05, 0) is 32.1 Å². The zero-order valence-corrected chi connectivity index (χ0v) is 13.2. The fourth-order valence-electron chi connectivity index (χ4n) is 1.96. The first-order chi connectivity index (χ1) is 10.2. The molecular formula is C16H26N2O3. The minimum absolute atomic E-state index is 0.270. The molecule has 0 aromatic heterocycles. The average molecular weight is 294 g/mol. The van der Waals surface area contributed by atoms with E-state index in [9.17, 15) is 4.79 Å². The molecule has 0 saturated heterocycles. The maximum absolute atomic E-state index is 11.9. The lowest BCUT2D eigenvalue weighted by atomic mass is 10.3. The Morgan fingerprint density at radius 3 is 2.43 bits per heavy atom. The van der Waals surface area contributed by atoms with Gasteiger partial charge in [0.1, 0.15) is 6.10 Å². The Labute approximate surface area is 127 Å². The number of para-hydroxylation sites is 1. The standard InChI is InChI=1S/C16H26N2O3/c1-4-18(5-2)12-15(13-20-6-3)21-16(19)17-14-10-8-7-9-11-14/h7-11,15H,4-6,12-13H2,1-3H3,(H,17,19)/t15-/m0/s1. The van der Waals surface area contributed by atoms with Gasteiger partial charge >= 0.3 is 6.09 Å². The van der Waals surface area contributed by atoms with Crippen LogP contribution in [0.25, 0.3) is 0 Å². The van der Waals surface area contributed by atoms with Crippen molar-refractivity contribution in [2.45, 2.75) is 26.9 Å². The number of nitrogens with zero attached hydrogens (tertiary/aromatic N) is 1. The molecule has 21 heavy (non-hydrogen) atoms. The molecule has 0 bridgehead atoms. The average Bonchev–Trinajstić information content (AvgIpc) is 2.50. The molecule has 1 atom stereocenters. The molecule has 0 heterocycles. The Morgan fingerprint density at radius 1 is 1.19 bits per heavy atom. The van der Waals surface area contributed by atoms with Crippen LogP contribution >= 0.6 is 0 Å². The number of nitrogens with one attached hydrogen (secondary N) is 1. The summed E-state index contributed by atoms with van der Waals surface area (Å²) in [6.45, 7) is 9.64. The SMILES string of the molecule is CCOC[C@H](CN(CC)CC)OC(=O)Nc1ccccc1. The Kier molecular flexibility index (Phi) is 8.47. The van der Waals surface area contributed by atoms with Crippen LogP contribution in [-0.4, -0.2) is 49.9 Å². The number of ether oxygens (including phenoxy) is 2. The minimum atomic E-state index is -0.446. The molecule has 0 aliphatic carbocycles. The molecule has 118 valence electrons. The first kappa shape index (κ1) is 17.5. The van der Waals surface area contributed by atoms with Gasteiger partial charge in [0.05, 0.1) is 6.61 Å². The van der Waals surface area contributed by atoms with Gasteiger partial charge in [-0.3, -0.25) is 5.32 Å². The topological polar surface area (TPSA) is 50.8 Å². The van der Waals surface area contributed by atoms with Gasteiger partial charge in [-0.1, -0.05) is 32.0 Å². The highest BCUT2D eigenvalue weighted by molar-refractivity contribution is 5.84. The highest BCUT2D eigenvalue weighted by atomic mass is 16.6. The summed E-state index contributed by atoms with van der Waals surface area (Å²) in [5.74, 6) is 0. The highest BCUT2D eigenvalue weighted by Crippen LogP contribution is 2.07. The third kappa shape index (κ3) is 7.11. The molecule has 0 radical (unpaired) electrons. The van der Waals surface area contributed by atoms with E-state index in [4.69, 9.17) is 9.47 Å². The maximum Gasteiger partial charge on any atom is 0.412 e. The molecule has 1 aromatic rings. The summed E-state index contributed by atoms with van der Waals surface area (Å²) in [5.41, 5.74) is 0.723. The van der Waals surface area contributed by atoms with Crippen LogP contribution in [0.4, 0.5) is 10.5 Å². The molecule has 1 rings (SSSR count). The number of rotatable bonds is 9. The minimum Gasteiger partial charge on any atom is -0.442 e. The van der Waals surface area contributed by atoms with Gasteiger partial charge in [-0.25, -0.2) is 4.79 Å². The summed E-state index contributed by atoms with van der Waals surface area (Å²) in [6, 6.07) is 9.27. The maximum atomic E-state index is 11.9. The summed E-state index contributed by atoms with van der Waals surface area (Å²) in [7, 11) is 0. The van der Waals surface area contributed by atoms with Gasteiger partial charge in [-0.15, -0.1) is 0 Å². The van der Waals surface area contributed by atoms with E-state index in [1.54, 1.807) is 0 Å². The molecular weight excluding hydrogens is 268 g/mol. The highest BCUT2D eigenvalue weighted by Gasteiger charge is 2.17. The van der Waals surface area contributed by atoms with E-state index in [2.05, 4.69) is 24.1 Å². The van der Waals surface area contributed by atoms with Crippen LogP contribution in [0.5, 0.6) is 0 Å². The summed E-state index contributed by atoms with van der Waals surface area (Å²) in [5, 5.41) is 2.72. The lowest BCUT2D eigenvalue weighted by Crippen LogP contribution is -2.38. The molecule has 0 fully saturated rings. The first-order valence-corrected chi connectivity index (χ1v) is 7.52. The third-order valence-corrected chi connectivity index (χ3v) is 3.16. The number of hydrogen-bond donors (Lipinski definition) is 1. The van der Waals surface area contributed by atoms with Crippen molar-refractivity contribution in [2.75, 3.05) is 38.2 Å². The molecule has 1 N–H and O–H groups in total. The summed E-state index contributed by atoms with van der Waals surface area (Å²) >= 11 is 0. The van der Waals surface area contributed by atoms with E-state index in [1.165, 1.54) is 0 Å². The van der Waals surface area contributed by atoms with Crippen LogP contribution in [0.2, 0.25) is 0 Å². The van der Waals surface area contributed by atoms with Crippen LogP contribution in [0.15, 0.2) is 30.3 Å². The quantitative estimate of drug-likeness (QED) is 0.760. The third-order valence-electron chi connectivity index (χ3n) is 3.16. The molecule has 0 unspecified atom stereocenters. The normalized spacial score (nSPS) is 12.2. The van der Waals surface area contributed by atoms with E-state index < -0.39 is 6.09 Å². The smallest absolute Gasteiger partial charge is 0.412 e. The van der Waals surface area contributed by atoms with Gasteiger partial charge < -0.3 is 14.4 Å². The van der Waals surface area contributed by atoms with Gasteiger partial charge in [-0.2, -0.15) is 0 Å². The molecule has 0 aliphatic rings. The Morgan fingerprint density at radius 2 is 1.86 bits per heavy atom. The number of carbonyl (C=O) groups excluding carboxylic acids is 1. The van der Waals surface area contributed by atoms with Crippen LogP contribution < -0.4 is 5.32 Å². The number of carbonyl (C=O) groups is 1. The van der Waals surface area contributed by atoms with E-state index in [0.29, 0.717) is 19.8 Å². The van der Waals surface area contributed by atoms with E-state index >= 15 is 0 Å². The zero-order valence-electron chi connectivity index (χ0n) is 13.2. The van der Waals surface area contributed by atoms with Crippen LogP contribution in [0, 0.1) is 0 Å². The molecule has 1 aromatic carbocycles. The Hall–Kier alpha value is -1.59. The van der Waals surface area contributed by atoms with Crippen molar-refractivity contribution in [3.63, 3.8) is 0 Å². The van der Waals surface area contributed by atoms with Crippen molar-refractivity contribution in [1.29, 1.82) is 0 Å². The van der Waals surface area contributed by atoms with Crippen LogP contribution in [-0.2, 0) is 9.47 Å². The zero-order chi connectivity index (χ0) is 15.5. The number of anilines is 1. The lowest BCUT2D eigenvalue weighted by Gasteiger charge is -2.25. The Bertz CT molecular complexity index is 394. The number of likely N-dealkylation sites (N-methyl/N-ethyl adjacent to an activating group) is 1. The van der Waals surface area contributed by atoms with Crippen molar-refractivity contribution in [3.8, 4) is 0 Å². The van der Waals surface area contributed by atoms with Crippen molar-refractivity contribution in [1.82, 2.24) is 4.90 Å². The second kappa shape index (κ2) is 10.2. The molecule has 0 aliphatic heterocycles. The largest absolute Gasteiger partial charge is 0.442 e. The molecule has 5 heteroatoms. The van der Waals surface area contributed by atoms with Gasteiger partial charge in [0.15, 0.2) is 0 Å². The molecule has 5 nitrogen and oxygen atoms in total. The molecule has 0 spiro atoms. The predicted octanol–water partition coefficient (Wildman–Crippen LogP) is 2.98. The predicted molar refractivity (Wildman–Crippen MR) is 84.6 cm³/mol. The van der Waals surface area contributed by atoms with Gasteiger partial charge in [0.2, 0.25) is 0 Å². The van der Waals surface area contributed by atoms with Crippen molar-refractivity contribution in [3.05, 3.63) is 30.3 Å². The van der Waals surface area contributed by atoms with Crippen LogP contribution in [0.3, 0.4) is 0 Å². The fourth-order valence-corrected chi connectivity index (χ4v) is 1.96. The van der Waals surface area contributed by atoms with Crippen molar-refractivity contribution >= 4 is 11.8 Å². The molecule has 0 saturated carbocycles. The second-order valence-corrected chi connectivity index (χ2v) is 4.66. The first-order valence-electron chi connectivity index (χ1n) is 7.52. The lowest BCUT2D eigenvalue weighted by molar-refractivity contribution is 0.0125. The van der Waals surface area contributed by atoms with Gasteiger partial charge in [0.25, 0.3) is 0 Å².